The molecule has 1 heterocycles. The van der Waals surface area contributed by atoms with Crippen molar-refractivity contribution >= 4 is 21.4 Å². The van der Waals surface area contributed by atoms with E-state index in [-0.39, 0.29) is 11.3 Å². The molecular formula is C17H13F3O3S. The van der Waals surface area contributed by atoms with Crippen LogP contribution in [0.15, 0.2) is 23.6 Å². The third kappa shape index (κ3) is 2.65. The summed E-state index contributed by atoms with van der Waals surface area (Å²) in [6.45, 7) is 1.32. The van der Waals surface area contributed by atoms with E-state index in [1.165, 1.54) is 32.5 Å². The largest absolute Gasteiger partial charge is 0.493 e. The molecule has 0 aliphatic heterocycles. The van der Waals surface area contributed by atoms with Crippen LogP contribution in [0.1, 0.15) is 5.56 Å². The molecule has 2 aromatic carbocycles. The Balaban J connectivity index is 2.08. The molecule has 0 amide bonds. The smallest absolute Gasteiger partial charge is 0.194 e. The van der Waals surface area contributed by atoms with Crippen LogP contribution < -0.4 is 14.2 Å². The third-order valence-corrected chi connectivity index (χ3v) is 4.55. The molecule has 0 atom stereocenters. The monoisotopic (exact) mass is 354 g/mol. The van der Waals surface area contributed by atoms with Gasteiger partial charge in [-0.1, -0.05) is 0 Å². The zero-order valence-electron chi connectivity index (χ0n) is 13.1. The Morgan fingerprint density at radius 2 is 1.50 bits per heavy atom. The first-order valence-electron chi connectivity index (χ1n) is 6.91. The maximum Gasteiger partial charge on any atom is 0.194 e. The van der Waals surface area contributed by atoms with E-state index >= 15 is 0 Å². The van der Waals surface area contributed by atoms with Gasteiger partial charge in [0.15, 0.2) is 29.0 Å². The van der Waals surface area contributed by atoms with Crippen molar-refractivity contribution in [2.24, 2.45) is 0 Å². The highest BCUT2D eigenvalue weighted by molar-refractivity contribution is 7.17. The summed E-state index contributed by atoms with van der Waals surface area (Å²) in [6, 6.07) is 4.33. The van der Waals surface area contributed by atoms with E-state index in [2.05, 4.69) is 0 Å². The van der Waals surface area contributed by atoms with Gasteiger partial charge in [-0.25, -0.2) is 13.2 Å². The van der Waals surface area contributed by atoms with Crippen LogP contribution in [0.4, 0.5) is 13.2 Å². The highest BCUT2D eigenvalue weighted by Crippen LogP contribution is 2.42. The quantitative estimate of drug-likeness (QED) is 0.584. The molecule has 24 heavy (non-hydrogen) atoms. The maximum atomic E-state index is 13.7. The summed E-state index contributed by atoms with van der Waals surface area (Å²) in [4.78, 5) is 0. The Morgan fingerprint density at radius 3 is 2.17 bits per heavy atom. The average Bonchev–Trinajstić information content (AvgIpc) is 2.98. The van der Waals surface area contributed by atoms with Crippen molar-refractivity contribution in [1.82, 2.24) is 0 Å². The SMILES string of the molecule is COc1cc2scc(Oc3cc(F)c(F)c(F)c3C)c2cc1OC. The summed E-state index contributed by atoms with van der Waals surface area (Å²) in [5, 5.41) is 2.39. The highest BCUT2D eigenvalue weighted by Gasteiger charge is 2.19. The molecule has 0 unspecified atom stereocenters. The highest BCUT2D eigenvalue weighted by atomic mass is 32.1. The Hall–Kier alpha value is -2.41. The van der Waals surface area contributed by atoms with Crippen molar-refractivity contribution in [2.45, 2.75) is 6.92 Å². The zero-order chi connectivity index (χ0) is 17.4. The second-order valence-electron chi connectivity index (χ2n) is 5.01. The first-order chi connectivity index (χ1) is 11.5. The molecule has 3 aromatic rings. The first-order valence-corrected chi connectivity index (χ1v) is 7.79. The van der Waals surface area contributed by atoms with Gasteiger partial charge in [-0.2, -0.15) is 0 Å². The lowest BCUT2D eigenvalue weighted by atomic mass is 10.2. The second kappa shape index (κ2) is 6.24. The number of hydrogen-bond acceptors (Lipinski definition) is 4. The Bertz CT molecular complexity index is 921. The number of methoxy groups -OCH3 is 2. The minimum absolute atomic E-state index is 0.0825. The molecular weight excluding hydrogens is 341 g/mol. The lowest BCUT2D eigenvalue weighted by Crippen LogP contribution is -1.98. The standard InChI is InChI=1S/C17H13F3O3S/c1-8-11(5-10(18)17(20)16(8)19)23-14-7-24-15-6-13(22-3)12(21-2)4-9(14)15/h4-7H,1-3H3. The minimum atomic E-state index is -1.51. The molecule has 7 heteroatoms. The topological polar surface area (TPSA) is 27.7 Å². The van der Waals surface area contributed by atoms with Crippen LogP contribution in [-0.4, -0.2) is 14.2 Å². The van der Waals surface area contributed by atoms with Crippen molar-refractivity contribution in [3.63, 3.8) is 0 Å². The van der Waals surface area contributed by atoms with Crippen molar-refractivity contribution < 1.29 is 27.4 Å². The van der Waals surface area contributed by atoms with Gasteiger partial charge >= 0.3 is 0 Å². The lowest BCUT2D eigenvalue weighted by molar-refractivity contribution is 0.356. The van der Waals surface area contributed by atoms with Gasteiger partial charge in [0, 0.05) is 33.2 Å². The zero-order valence-corrected chi connectivity index (χ0v) is 13.9. The van der Waals surface area contributed by atoms with Gasteiger partial charge in [0.25, 0.3) is 0 Å². The van der Waals surface area contributed by atoms with Gasteiger partial charge in [0.1, 0.15) is 11.5 Å². The number of hydrogen-bond donors (Lipinski definition) is 0. The summed E-state index contributed by atoms with van der Waals surface area (Å²) in [5.41, 5.74) is -0.103. The minimum Gasteiger partial charge on any atom is -0.493 e. The summed E-state index contributed by atoms with van der Waals surface area (Å²) in [7, 11) is 3.04. The maximum absolute atomic E-state index is 13.7. The first kappa shape index (κ1) is 16.4. The summed E-state index contributed by atoms with van der Waals surface area (Å²) in [5.74, 6) is -2.70. The predicted molar refractivity (Wildman–Crippen MR) is 86.1 cm³/mol. The Kier molecular flexibility index (Phi) is 4.28. The van der Waals surface area contributed by atoms with Crippen molar-refractivity contribution in [2.75, 3.05) is 14.2 Å². The summed E-state index contributed by atoms with van der Waals surface area (Å²) in [6.07, 6.45) is 0. The fourth-order valence-corrected chi connectivity index (χ4v) is 3.17. The molecule has 0 saturated carbocycles. The van der Waals surface area contributed by atoms with Crippen molar-refractivity contribution in [3.8, 4) is 23.0 Å². The van der Waals surface area contributed by atoms with Gasteiger partial charge in [-0.05, 0) is 13.0 Å². The molecule has 0 bridgehead atoms. The van der Waals surface area contributed by atoms with Crippen LogP contribution in [0, 0.1) is 24.4 Å². The molecule has 3 rings (SSSR count). The van der Waals surface area contributed by atoms with Crippen LogP contribution in [0.3, 0.4) is 0 Å². The van der Waals surface area contributed by atoms with Gasteiger partial charge in [-0.15, -0.1) is 11.3 Å². The molecule has 0 aliphatic rings. The number of halogens is 3. The molecule has 0 saturated heterocycles. The van der Waals surface area contributed by atoms with Gasteiger partial charge in [0.2, 0.25) is 0 Å². The van der Waals surface area contributed by atoms with E-state index in [1.807, 2.05) is 0 Å². The van der Waals surface area contributed by atoms with E-state index < -0.39 is 17.5 Å². The molecule has 126 valence electrons. The van der Waals surface area contributed by atoms with E-state index in [0.717, 1.165) is 10.8 Å². The van der Waals surface area contributed by atoms with Crippen LogP contribution in [0.2, 0.25) is 0 Å². The predicted octanol–water partition coefficient (Wildman–Crippen LogP) is 5.44. The van der Waals surface area contributed by atoms with E-state index in [9.17, 15) is 13.2 Å². The van der Waals surface area contributed by atoms with Crippen molar-refractivity contribution in [3.05, 3.63) is 46.6 Å². The molecule has 0 fully saturated rings. The molecule has 0 aliphatic carbocycles. The Morgan fingerprint density at radius 1 is 0.833 bits per heavy atom. The average molecular weight is 354 g/mol. The van der Waals surface area contributed by atoms with Gasteiger partial charge < -0.3 is 14.2 Å². The molecule has 1 aromatic heterocycles. The number of benzene rings is 2. The molecule has 3 nitrogen and oxygen atoms in total. The van der Waals surface area contributed by atoms with E-state index in [1.54, 1.807) is 17.5 Å². The fourth-order valence-electron chi connectivity index (χ4n) is 2.30. The van der Waals surface area contributed by atoms with Crippen LogP contribution in [-0.2, 0) is 0 Å². The molecule has 0 spiro atoms. The summed E-state index contributed by atoms with van der Waals surface area (Å²) >= 11 is 1.38. The van der Waals surface area contributed by atoms with Gasteiger partial charge in [0.05, 0.1) is 14.2 Å². The fraction of sp³-hybridized carbons (Fsp3) is 0.176. The van der Waals surface area contributed by atoms with E-state index in [0.29, 0.717) is 22.6 Å². The number of thiophene rings is 1. The number of fused-ring (bicyclic) bond motifs is 1. The Labute approximate surface area is 140 Å². The normalized spacial score (nSPS) is 10.9. The summed E-state index contributed by atoms with van der Waals surface area (Å²) < 4.78 is 57.3. The molecule has 0 radical (unpaired) electrons. The van der Waals surface area contributed by atoms with Crippen LogP contribution in [0.25, 0.3) is 10.1 Å². The van der Waals surface area contributed by atoms with Gasteiger partial charge in [-0.3, -0.25) is 0 Å². The number of ether oxygens (including phenoxy) is 3. The van der Waals surface area contributed by atoms with Crippen LogP contribution in [0.5, 0.6) is 23.0 Å². The van der Waals surface area contributed by atoms with E-state index in [4.69, 9.17) is 14.2 Å². The van der Waals surface area contributed by atoms with Crippen LogP contribution >= 0.6 is 11.3 Å². The lowest BCUT2D eigenvalue weighted by Gasteiger charge is -2.11. The second-order valence-corrected chi connectivity index (χ2v) is 5.93. The molecule has 0 N–H and O–H groups in total. The third-order valence-electron chi connectivity index (χ3n) is 3.62. The van der Waals surface area contributed by atoms with Crippen molar-refractivity contribution in [1.29, 1.82) is 0 Å². The number of rotatable bonds is 4.